The predicted molar refractivity (Wildman–Crippen MR) is 135 cm³/mol. The van der Waals surface area contributed by atoms with Gasteiger partial charge < -0.3 is 10.8 Å². The van der Waals surface area contributed by atoms with Crippen molar-refractivity contribution in [1.29, 1.82) is 0 Å². The van der Waals surface area contributed by atoms with Crippen LogP contribution in [0.25, 0.3) is 11.1 Å². The molecular weight excluding hydrogens is 570 g/mol. The molecule has 0 spiro atoms. The van der Waals surface area contributed by atoms with Gasteiger partial charge in [0.15, 0.2) is 11.5 Å². The second-order valence-corrected chi connectivity index (χ2v) is 9.31. The SMILES string of the molecule is NC(=O)c1cc(-c2cccnc2[C@@H](CC(=O)Cn2cc(C(=O)O)c(C(F)(F)F)n2)Cc2cc(F)cc(F)c2)ccc1F. The number of nitrogens with zero attached hydrogens (tertiary/aromatic N) is 3. The Kier molecular flexibility index (Phi) is 8.45. The quantitative estimate of drug-likeness (QED) is 0.246. The molecule has 4 aromatic rings. The average Bonchev–Trinajstić information content (AvgIpc) is 3.33. The van der Waals surface area contributed by atoms with Crippen LogP contribution in [0.4, 0.5) is 26.3 Å². The number of hydrogen-bond donors (Lipinski definition) is 2. The highest BCUT2D eigenvalue weighted by atomic mass is 19.4. The molecule has 0 unspecified atom stereocenters. The molecule has 0 saturated heterocycles. The van der Waals surface area contributed by atoms with E-state index in [2.05, 4.69) is 10.1 Å². The van der Waals surface area contributed by atoms with E-state index in [4.69, 9.17) is 10.8 Å². The number of carbonyl (C=O) groups excluding carboxylic acids is 2. The summed E-state index contributed by atoms with van der Waals surface area (Å²) in [5.74, 6) is -7.24. The van der Waals surface area contributed by atoms with Crippen molar-refractivity contribution in [2.45, 2.75) is 31.5 Å². The third kappa shape index (κ3) is 6.82. The van der Waals surface area contributed by atoms with Gasteiger partial charge in [-0.3, -0.25) is 19.3 Å². The molecule has 2 aromatic heterocycles. The van der Waals surface area contributed by atoms with Crippen LogP contribution in [0.15, 0.2) is 60.9 Å². The molecule has 1 amide bonds. The highest BCUT2D eigenvalue weighted by Gasteiger charge is 2.39. The van der Waals surface area contributed by atoms with E-state index in [1.807, 2.05) is 0 Å². The second-order valence-electron chi connectivity index (χ2n) is 9.31. The predicted octanol–water partition coefficient (Wildman–Crippen LogP) is 5.16. The van der Waals surface area contributed by atoms with Crippen LogP contribution in [-0.4, -0.2) is 37.5 Å². The number of rotatable bonds is 10. The number of pyridine rings is 1. The van der Waals surface area contributed by atoms with E-state index < -0.39 is 77.0 Å². The van der Waals surface area contributed by atoms with Crippen LogP contribution in [0.1, 0.15) is 50.0 Å². The Labute approximate surface area is 233 Å². The lowest BCUT2D eigenvalue weighted by Gasteiger charge is -2.20. The fourth-order valence-corrected chi connectivity index (χ4v) is 4.54. The van der Waals surface area contributed by atoms with Crippen LogP contribution in [-0.2, 0) is 23.9 Å². The number of hydrogen-bond acceptors (Lipinski definition) is 5. The first-order valence-corrected chi connectivity index (χ1v) is 12.1. The number of halogens is 6. The van der Waals surface area contributed by atoms with Gasteiger partial charge in [-0.15, -0.1) is 0 Å². The minimum Gasteiger partial charge on any atom is -0.478 e. The fourth-order valence-electron chi connectivity index (χ4n) is 4.54. The Morgan fingerprint density at radius 3 is 2.26 bits per heavy atom. The molecule has 1 atom stereocenters. The molecule has 0 fully saturated rings. The lowest BCUT2D eigenvalue weighted by atomic mass is 9.86. The van der Waals surface area contributed by atoms with Crippen LogP contribution < -0.4 is 5.73 Å². The molecule has 0 aliphatic carbocycles. The van der Waals surface area contributed by atoms with E-state index in [1.54, 1.807) is 6.07 Å². The maximum Gasteiger partial charge on any atom is 0.436 e. The number of nitrogens with two attached hydrogens (primary N) is 1. The molecule has 0 saturated carbocycles. The van der Waals surface area contributed by atoms with Crippen LogP contribution >= 0.6 is 0 Å². The first-order chi connectivity index (χ1) is 19.7. The molecule has 218 valence electrons. The molecule has 0 aliphatic rings. The number of primary amides is 1. The summed E-state index contributed by atoms with van der Waals surface area (Å²) in [6.45, 7) is -0.755. The van der Waals surface area contributed by atoms with E-state index in [-0.39, 0.29) is 23.2 Å². The number of benzene rings is 2. The standard InChI is InChI=1S/C28H20F6N4O4/c29-17-7-14(8-18(30)11-17)6-16(9-19(39)12-38-13-22(27(41)42)25(37-38)28(32,33)34)24-20(2-1-5-36-24)15-3-4-23(31)21(10-15)26(35)40/h1-5,7-8,10-11,13,16H,6,9,12H2,(H2,35,40)(H,41,42)/t16-/m1/s1. The molecular formula is C28H20F6N4O4. The van der Waals surface area contributed by atoms with Gasteiger partial charge in [-0.1, -0.05) is 12.1 Å². The zero-order chi connectivity index (χ0) is 30.8. The lowest BCUT2D eigenvalue weighted by Crippen LogP contribution is -2.18. The first-order valence-electron chi connectivity index (χ1n) is 12.1. The summed E-state index contributed by atoms with van der Waals surface area (Å²) in [6.07, 6.45) is -3.75. The third-order valence-electron chi connectivity index (χ3n) is 6.25. The molecule has 0 aliphatic heterocycles. The van der Waals surface area contributed by atoms with Gasteiger partial charge in [0.05, 0.1) is 17.8 Å². The maximum absolute atomic E-state index is 14.1. The molecule has 8 nitrogen and oxygen atoms in total. The number of Topliss-reactive ketones (excluding diaryl/α,β-unsaturated/α-hetero) is 1. The van der Waals surface area contributed by atoms with Crippen molar-refractivity contribution in [2.24, 2.45) is 5.73 Å². The van der Waals surface area contributed by atoms with Gasteiger partial charge in [-0.2, -0.15) is 18.3 Å². The molecule has 14 heteroatoms. The van der Waals surface area contributed by atoms with Crippen LogP contribution in [0, 0.1) is 17.5 Å². The summed E-state index contributed by atoms with van der Waals surface area (Å²) in [5.41, 5.74) is 2.95. The van der Waals surface area contributed by atoms with Crippen molar-refractivity contribution in [2.75, 3.05) is 0 Å². The Morgan fingerprint density at radius 1 is 0.976 bits per heavy atom. The van der Waals surface area contributed by atoms with Crippen molar-refractivity contribution in [3.63, 3.8) is 0 Å². The normalized spacial score (nSPS) is 12.2. The van der Waals surface area contributed by atoms with Crippen molar-refractivity contribution in [3.8, 4) is 11.1 Å². The summed E-state index contributed by atoms with van der Waals surface area (Å²) >= 11 is 0. The highest BCUT2D eigenvalue weighted by molar-refractivity contribution is 5.94. The zero-order valence-electron chi connectivity index (χ0n) is 21.3. The Balaban J connectivity index is 1.74. The summed E-state index contributed by atoms with van der Waals surface area (Å²) in [6, 6.07) is 9.30. The number of carboxylic acid groups (broad SMARTS) is 1. The van der Waals surface area contributed by atoms with Crippen molar-refractivity contribution in [3.05, 3.63) is 106 Å². The highest BCUT2D eigenvalue weighted by Crippen LogP contribution is 2.34. The molecule has 0 bridgehead atoms. The average molecular weight is 590 g/mol. The molecule has 0 radical (unpaired) electrons. The van der Waals surface area contributed by atoms with Gasteiger partial charge in [-0.25, -0.2) is 18.0 Å². The molecule has 4 rings (SSSR count). The zero-order valence-corrected chi connectivity index (χ0v) is 21.3. The van der Waals surface area contributed by atoms with Crippen LogP contribution in [0.5, 0.6) is 0 Å². The van der Waals surface area contributed by atoms with E-state index >= 15 is 0 Å². The fraction of sp³-hybridized carbons (Fsp3) is 0.179. The third-order valence-corrected chi connectivity index (χ3v) is 6.25. The van der Waals surface area contributed by atoms with Gasteiger partial charge in [-0.05, 0) is 47.9 Å². The van der Waals surface area contributed by atoms with Gasteiger partial charge >= 0.3 is 12.1 Å². The summed E-state index contributed by atoms with van der Waals surface area (Å²) < 4.78 is 82.4. The second kappa shape index (κ2) is 11.8. The van der Waals surface area contributed by atoms with Crippen LogP contribution in [0.2, 0.25) is 0 Å². The summed E-state index contributed by atoms with van der Waals surface area (Å²) in [4.78, 5) is 40.4. The summed E-state index contributed by atoms with van der Waals surface area (Å²) in [5, 5.41) is 12.4. The van der Waals surface area contributed by atoms with Gasteiger partial charge in [0.1, 0.15) is 23.0 Å². The van der Waals surface area contributed by atoms with Gasteiger partial charge in [0, 0.05) is 36.4 Å². The molecule has 2 heterocycles. The minimum atomic E-state index is -5.09. The Bertz CT molecular complexity index is 1670. The monoisotopic (exact) mass is 590 g/mol. The number of aromatic nitrogens is 3. The smallest absolute Gasteiger partial charge is 0.436 e. The number of aromatic carboxylic acids is 1. The lowest BCUT2D eigenvalue weighted by molar-refractivity contribution is -0.142. The number of amides is 1. The summed E-state index contributed by atoms with van der Waals surface area (Å²) in [7, 11) is 0. The first kappa shape index (κ1) is 30.0. The van der Waals surface area contributed by atoms with E-state index in [1.165, 1.54) is 24.4 Å². The van der Waals surface area contributed by atoms with E-state index in [0.29, 0.717) is 22.5 Å². The Hall–Kier alpha value is -5.01. The number of carboxylic acids is 1. The van der Waals surface area contributed by atoms with E-state index in [9.17, 15) is 40.7 Å². The number of alkyl halides is 3. The topological polar surface area (TPSA) is 128 Å². The Morgan fingerprint density at radius 2 is 1.67 bits per heavy atom. The van der Waals surface area contributed by atoms with E-state index in [0.717, 1.165) is 18.2 Å². The van der Waals surface area contributed by atoms with Crippen molar-refractivity contribution in [1.82, 2.24) is 14.8 Å². The molecule has 42 heavy (non-hydrogen) atoms. The molecule has 3 N–H and O–H groups in total. The van der Waals surface area contributed by atoms with Crippen molar-refractivity contribution < 1.29 is 45.8 Å². The van der Waals surface area contributed by atoms with Crippen molar-refractivity contribution >= 4 is 17.7 Å². The molecule has 2 aromatic carbocycles. The van der Waals surface area contributed by atoms with Gasteiger partial charge in [0.2, 0.25) is 0 Å². The maximum atomic E-state index is 14.1. The minimum absolute atomic E-state index is 0.130. The number of ketones is 1. The largest absolute Gasteiger partial charge is 0.478 e. The van der Waals surface area contributed by atoms with Gasteiger partial charge in [0.25, 0.3) is 5.91 Å². The number of carbonyl (C=O) groups is 3. The van der Waals surface area contributed by atoms with Crippen LogP contribution in [0.3, 0.4) is 0 Å².